The van der Waals surface area contributed by atoms with Gasteiger partial charge in [0.05, 0.1) is 10.6 Å². The van der Waals surface area contributed by atoms with Crippen LogP contribution in [0.4, 0.5) is 8.78 Å². The maximum absolute atomic E-state index is 13.7. The fourth-order valence-electron chi connectivity index (χ4n) is 1.93. The molecule has 2 nitrogen and oxygen atoms in total. The standard InChI is InChI=1S/C15H13F2NOS/c1-20-15-12(16)7-10(8-13(15)17)9-14(18-19)11-5-3-2-4-6-11/h2-8,19H,9H2,1H3/b18-14-. The zero-order valence-electron chi connectivity index (χ0n) is 10.8. The zero-order chi connectivity index (χ0) is 14.5. The normalized spacial score (nSPS) is 11.7. The molecule has 0 heterocycles. The fourth-order valence-corrected chi connectivity index (χ4v) is 2.44. The first-order chi connectivity index (χ1) is 9.65. The van der Waals surface area contributed by atoms with Crippen molar-refractivity contribution in [3.05, 3.63) is 65.2 Å². The average Bonchev–Trinajstić information content (AvgIpc) is 2.45. The number of oxime groups is 1. The van der Waals surface area contributed by atoms with Gasteiger partial charge in [0.15, 0.2) is 0 Å². The van der Waals surface area contributed by atoms with Crippen LogP contribution in [-0.2, 0) is 6.42 Å². The molecular weight excluding hydrogens is 280 g/mol. The van der Waals surface area contributed by atoms with Crippen molar-refractivity contribution < 1.29 is 14.0 Å². The summed E-state index contributed by atoms with van der Waals surface area (Å²) in [6.07, 6.45) is 1.77. The van der Waals surface area contributed by atoms with Crippen molar-refractivity contribution >= 4 is 17.5 Å². The topological polar surface area (TPSA) is 32.6 Å². The molecule has 0 unspecified atom stereocenters. The number of hydrogen-bond acceptors (Lipinski definition) is 3. The molecule has 0 bridgehead atoms. The van der Waals surface area contributed by atoms with Gasteiger partial charge in [-0.3, -0.25) is 0 Å². The van der Waals surface area contributed by atoms with Crippen LogP contribution in [0.2, 0.25) is 0 Å². The van der Waals surface area contributed by atoms with Crippen molar-refractivity contribution in [2.24, 2.45) is 5.16 Å². The van der Waals surface area contributed by atoms with Gasteiger partial charge in [-0.1, -0.05) is 35.5 Å². The highest BCUT2D eigenvalue weighted by Gasteiger charge is 2.12. The zero-order valence-corrected chi connectivity index (χ0v) is 11.6. The van der Waals surface area contributed by atoms with Crippen LogP contribution in [-0.4, -0.2) is 17.2 Å². The predicted octanol–water partition coefficient (Wildman–Crippen LogP) is 4.11. The van der Waals surface area contributed by atoms with Gasteiger partial charge in [0.25, 0.3) is 0 Å². The number of benzene rings is 2. The van der Waals surface area contributed by atoms with E-state index in [1.807, 2.05) is 6.07 Å². The summed E-state index contributed by atoms with van der Waals surface area (Å²) < 4.78 is 27.4. The third-order valence-corrected chi connectivity index (χ3v) is 3.66. The van der Waals surface area contributed by atoms with E-state index in [9.17, 15) is 8.78 Å². The Morgan fingerprint density at radius 2 is 1.75 bits per heavy atom. The highest BCUT2D eigenvalue weighted by molar-refractivity contribution is 7.98. The lowest BCUT2D eigenvalue weighted by Crippen LogP contribution is -2.06. The molecule has 0 amide bonds. The highest BCUT2D eigenvalue weighted by atomic mass is 32.2. The summed E-state index contributed by atoms with van der Waals surface area (Å²) in [5.41, 5.74) is 1.50. The van der Waals surface area contributed by atoms with E-state index in [1.165, 1.54) is 12.1 Å². The van der Waals surface area contributed by atoms with Gasteiger partial charge in [0.1, 0.15) is 11.6 Å². The van der Waals surface area contributed by atoms with E-state index >= 15 is 0 Å². The lowest BCUT2D eigenvalue weighted by molar-refractivity contribution is 0.318. The molecule has 0 aliphatic rings. The number of rotatable bonds is 4. The largest absolute Gasteiger partial charge is 0.411 e. The Morgan fingerprint density at radius 3 is 2.25 bits per heavy atom. The quantitative estimate of drug-likeness (QED) is 0.398. The van der Waals surface area contributed by atoms with Crippen LogP contribution in [0.1, 0.15) is 11.1 Å². The van der Waals surface area contributed by atoms with E-state index < -0.39 is 11.6 Å². The van der Waals surface area contributed by atoms with Gasteiger partial charge in [-0.15, -0.1) is 11.8 Å². The summed E-state index contributed by atoms with van der Waals surface area (Å²) in [7, 11) is 0. The molecule has 0 radical (unpaired) electrons. The van der Waals surface area contributed by atoms with E-state index in [0.717, 1.165) is 11.8 Å². The van der Waals surface area contributed by atoms with Gasteiger partial charge in [-0.25, -0.2) is 8.78 Å². The molecule has 0 aliphatic heterocycles. The average molecular weight is 293 g/mol. The third-order valence-electron chi connectivity index (χ3n) is 2.86. The number of halogens is 2. The Hall–Kier alpha value is -1.88. The first-order valence-corrected chi connectivity index (χ1v) is 7.16. The third kappa shape index (κ3) is 3.17. The smallest absolute Gasteiger partial charge is 0.140 e. The van der Waals surface area contributed by atoms with E-state index in [4.69, 9.17) is 5.21 Å². The van der Waals surface area contributed by atoms with Crippen molar-refractivity contribution in [3.63, 3.8) is 0 Å². The summed E-state index contributed by atoms with van der Waals surface area (Å²) in [5.74, 6) is -1.20. The second-order valence-corrected chi connectivity index (χ2v) is 5.00. The molecule has 0 saturated carbocycles. The molecule has 104 valence electrons. The van der Waals surface area contributed by atoms with E-state index in [1.54, 1.807) is 30.5 Å². The van der Waals surface area contributed by atoms with E-state index in [0.29, 0.717) is 16.8 Å². The number of thioether (sulfide) groups is 1. The van der Waals surface area contributed by atoms with Crippen LogP contribution >= 0.6 is 11.8 Å². The molecule has 5 heteroatoms. The minimum Gasteiger partial charge on any atom is -0.411 e. The summed E-state index contributed by atoms with van der Waals surface area (Å²) >= 11 is 1.02. The summed E-state index contributed by atoms with van der Waals surface area (Å²) in [4.78, 5) is -0.00375. The SMILES string of the molecule is CSc1c(F)cc(C/C(=N/O)c2ccccc2)cc1F. The minimum atomic E-state index is -0.599. The van der Waals surface area contributed by atoms with Crippen molar-refractivity contribution in [1.82, 2.24) is 0 Å². The summed E-state index contributed by atoms with van der Waals surface area (Å²) in [5, 5.41) is 12.3. The van der Waals surface area contributed by atoms with Crippen molar-refractivity contribution in [3.8, 4) is 0 Å². The van der Waals surface area contributed by atoms with E-state index in [-0.39, 0.29) is 11.3 Å². The first kappa shape index (κ1) is 14.5. The van der Waals surface area contributed by atoms with Crippen LogP contribution in [0.3, 0.4) is 0 Å². The lowest BCUT2D eigenvalue weighted by atomic mass is 10.0. The van der Waals surface area contributed by atoms with Crippen LogP contribution in [0.25, 0.3) is 0 Å². The molecule has 0 spiro atoms. The maximum Gasteiger partial charge on any atom is 0.140 e. The second-order valence-electron chi connectivity index (χ2n) is 4.18. The maximum atomic E-state index is 13.7. The molecular formula is C15H13F2NOS. The van der Waals surface area contributed by atoms with Crippen molar-refractivity contribution in [1.29, 1.82) is 0 Å². The Kier molecular flexibility index (Phi) is 4.74. The first-order valence-electron chi connectivity index (χ1n) is 5.94. The van der Waals surface area contributed by atoms with E-state index in [2.05, 4.69) is 5.16 Å². The second kappa shape index (κ2) is 6.52. The predicted molar refractivity (Wildman–Crippen MR) is 76.6 cm³/mol. The van der Waals surface area contributed by atoms with Gasteiger partial charge in [0.2, 0.25) is 0 Å². The highest BCUT2D eigenvalue weighted by Crippen LogP contribution is 2.24. The van der Waals surface area contributed by atoms with Gasteiger partial charge >= 0.3 is 0 Å². The lowest BCUT2D eigenvalue weighted by Gasteiger charge is -2.08. The number of hydrogen-bond donors (Lipinski definition) is 1. The number of nitrogens with zero attached hydrogens (tertiary/aromatic N) is 1. The molecule has 2 rings (SSSR count). The van der Waals surface area contributed by atoms with Crippen molar-refractivity contribution in [2.75, 3.05) is 6.26 Å². The monoisotopic (exact) mass is 293 g/mol. The van der Waals surface area contributed by atoms with Crippen LogP contribution in [0.15, 0.2) is 52.5 Å². The summed E-state index contributed by atoms with van der Waals surface area (Å²) in [6.45, 7) is 0. The van der Waals surface area contributed by atoms with Crippen LogP contribution < -0.4 is 0 Å². The molecule has 0 aliphatic carbocycles. The van der Waals surface area contributed by atoms with Gasteiger partial charge in [-0.05, 0) is 29.5 Å². The molecule has 0 atom stereocenters. The molecule has 0 aromatic heterocycles. The Bertz CT molecular complexity index is 606. The van der Waals surface area contributed by atoms with Crippen LogP contribution in [0, 0.1) is 11.6 Å². The fraction of sp³-hybridized carbons (Fsp3) is 0.133. The molecule has 2 aromatic carbocycles. The summed E-state index contributed by atoms with van der Waals surface area (Å²) in [6, 6.07) is 11.5. The Labute approximate surface area is 120 Å². The van der Waals surface area contributed by atoms with Gasteiger partial charge < -0.3 is 5.21 Å². The van der Waals surface area contributed by atoms with Crippen LogP contribution in [0.5, 0.6) is 0 Å². The minimum absolute atomic E-state index is 0.00375. The Balaban J connectivity index is 2.30. The van der Waals surface area contributed by atoms with Gasteiger partial charge in [0, 0.05) is 6.42 Å². The Morgan fingerprint density at radius 1 is 1.15 bits per heavy atom. The molecule has 2 aromatic rings. The van der Waals surface area contributed by atoms with Crippen molar-refractivity contribution in [2.45, 2.75) is 11.3 Å². The molecule has 0 saturated heterocycles. The molecule has 1 N–H and O–H groups in total. The molecule has 0 fully saturated rings. The molecule has 20 heavy (non-hydrogen) atoms. The van der Waals surface area contributed by atoms with Gasteiger partial charge in [-0.2, -0.15) is 0 Å².